The number of hydrogen-bond acceptors (Lipinski definition) is 3. The number of hydrogen-bond donors (Lipinski definition) is 2. The lowest BCUT2D eigenvalue weighted by atomic mass is 10.4. The minimum atomic E-state index is -0.170. The molecule has 0 aromatic carbocycles. The van der Waals surface area contributed by atoms with E-state index in [9.17, 15) is 4.79 Å². The summed E-state index contributed by atoms with van der Waals surface area (Å²) in [5, 5.41) is 12.8. The zero-order valence-corrected chi connectivity index (χ0v) is 7.47. The van der Waals surface area contributed by atoms with E-state index in [2.05, 4.69) is 15.5 Å². The number of anilines is 1. The third-order valence-corrected chi connectivity index (χ3v) is 2.21. The Morgan fingerprint density at radius 3 is 3.08 bits per heavy atom. The van der Waals surface area contributed by atoms with Gasteiger partial charge >= 0.3 is 0 Å². The number of amides is 1. The predicted octanol–water partition coefficient (Wildman–Crippen LogP) is 1.72. The fourth-order valence-electron chi connectivity index (χ4n) is 0.916. The molecule has 0 saturated heterocycles. The average molecular weight is 193 g/mol. The molecule has 0 radical (unpaired) electrons. The van der Waals surface area contributed by atoms with Crippen LogP contribution in [0.3, 0.4) is 0 Å². The van der Waals surface area contributed by atoms with Crippen molar-refractivity contribution >= 4 is 22.9 Å². The van der Waals surface area contributed by atoms with Gasteiger partial charge in [0.1, 0.15) is 5.69 Å². The van der Waals surface area contributed by atoms with Crippen LogP contribution >= 0.6 is 11.3 Å². The van der Waals surface area contributed by atoms with Gasteiger partial charge < -0.3 is 5.32 Å². The van der Waals surface area contributed by atoms with Crippen LogP contribution in [0.5, 0.6) is 0 Å². The topological polar surface area (TPSA) is 57.8 Å². The summed E-state index contributed by atoms with van der Waals surface area (Å²) in [5.74, 6) is -0.170. The first-order valence-corrected chi connectivity index (χ1v) is 4.63. The Morgan fingerprint density at radius 2 is 2.46 bits per heavy atom. The van der Waals surface area contributed by atoms with Crippen molar-refractivity contribution in [2.45, 2.75) is 0 Å². The first-order chi connectivity index (χ1) is 6.36. The molecule has 0 saturated carbocycles. The first kappa shape index (κ1) is 8.00. The number of nitrogens with one attached hydrogen (secondary N) is 2. The molecule has 66 valence electrons. The van der Waals surface area contributed by atoms with Crippen molar-refractivity contribution in [2.24, 2.45) is 0 Å². The van der Waals surface area contributed by atoms with E-state index in [0.717, 1.165) is 5.69 Å². The van der Waals surface area contributed by atoms with Gasteiger partial charge in [-0.1, -0.05) is 0 Å². The maximum absolute atomic E-state index is 11.4. The van der Waals surface area contributed by atoms with Crippen molar-refractivity contribution in [1.29, 1.82) is 0 Å². The summed E-state index contributed by atoms with van der Waals surface area (Å²) >= 11 is 1.54. The third-order valence-electron chi connectivity index (χ3n) is 1.52. The van der Waals surface area contributed by atoms with Gasteiger partial charge in [-0.05, 0) is 17.5 Å². The molecule has 13 heavy (non-hydrogen) atoms. The quantitative estimate of drug-likeness (QED) is 0.763. The molecule has 0 aliphatic heterocycles. The van der Waals surface area contributed by atoms with Gasteiger partial charge in [-0.25, -0.2) is 0 Å². The van der Waals surface area contributed by atoms with E-state index in [1.54, 1.807) is 12.3 Å². The van der Waals surface area contributed by atoms with E-state index >= 15 is 0 Å². The largest absolute Gasteiger partial charge is 0.320 e. The zero-order valence-electron chi connectivity index (χ0n) is 6.65. The molecule has 1 amide bonds. The van der Waals surface area contributed by atoms with Gasteiger partial charge in [0.25, 0.3) is 5.91 Å². The van der Waals surface area contributed by atoms with Crippen LogP contribution in [0.15, 0.2) is 29.1 Å². The molecule has 5 heteroatoms. The summed E-state index contributed by atoms with van der Waals surface area (Å²) < 4.78 is 0. The molecule has 2 aromatic heterocycles. The second-order valence-corrected chi connectivity index (χ2v) is 3.22. The molecular weight excluding hydrogens is 186 g/mol. The van der Waals surface area contributed by atoms with Crippen LogP contribution in [-0.2, 0) is 0 Å². The molecule has 2 aromatic rings. The third kappa shape index (κ3) is 1.75. The second kappa shape index (κ2) is 3.40. The number of carbonyl (C=O) groups excluding carboxylic acids is 1. The van der Waals surface area contributed by atoms with Gasteiger partial charge in [0, 0.05) is 11.6 Å². The Hall–Kier alpha value is -1.62. The van der Waals surface area contributed by atoms with Crippen molar-refractivity contribution in [3.8, 4) is 0 Å². The number of H-pyrrole nitrogens is 1. The fraction of sp³-hybridized carbons (Fsp3) is 0. The number of rotatable bonds is 2. The summed E-state index contributed by atoms with van der Waals surface area (Å²) in [6, 6.07) is 3.47. The highest BCUT2D eigenvalue weighted by Crippen LogP contribution is 2.12. The van der Waals surface area contributed by atoms with E-state index in [0.29, 0.717) is 5.69 Å². The lowest BCUT2D eigenvalue weighted by Gasteiger charge is -1.98. The second-order valence-electron chi connectivity index (χ2n) is 2.44. The molecule has 0 aliphatic rings. The summed E-state index contributed by atoms with van der Waals surface area (Å²) in [7, 11) is 0. The van der Waals surface area contributed by atoms with Crippen molar-refractivity contribution in [3.05, 3.63) is 34.8 Å². The Labute approximate surface area is 78.6 Å². The number of carbonyl (C=O) groups is 1. The predicted molar refractivity (Wildman–Crippen MR) is 50.9 cm³/mol. The maximum Gasteiger partial charge on any atom is 0.273 e. The molecule has 0 aliphatic carbocycles. The van der Waals surface area contributed by atoms with Crippen LogP contribution in [0.1, 0.15) is 10.5 Å². The standard InChI is InChI=1S/C8H7N3OS/c12-8(7-1-3-9-11-7)10-6-2-4-13-5-6/h1-5H,(H,9,11)(H,10,12). The summed E-state index contributed by atoms with van der Waals surface area (Å²) in [4.78, 5) is 11.4. The summed E-state index contributed by atoms with van der Waals surface area (Å²) in [6.45, 7) is 0. The normalized spacial score (nSPS) is 9.85. The van der Waals surface area contributed by atoms with Gasteiger partial charge in [0.2, 0.25) is 0 Å². The Balaban J connectivity index is 2.08. The Bertz CT molecular complexity index is 379. The molecule has 0 spiro atoms. The molecule has 0 bridgehead atoms. The molecule has 0 atom stereocenters. The summed E-state index contributed by atoms with van der Waals surface area (Å²) in [6.07, 6.45) is 1.54. The van der Waals surface area contributed by atoms with Crippen LogP contribution in [-0.4, -0.2) is 16.1 Å². The lowest BCUT2D eigenvalue weighted by Crippen LogP contribution is -2.11. The van der Waals surface area contributed by atoms with Crippen LogP contribution in [0.2, 0.25) is 0 Å². The van der Waals surface area contributed by atoms with Crippen molar-refractivity contribution < 1.29 is 4.79 Å². The molecule has 4 nitrogen and oxygen atoms in total. The fourth-order valence-corrected chi connectivity index (χ4v) is 1.50. The minimum Gasteiger partial charge on any atom is -0.320 e. The average Bonchev–Trinajstić information content (AvgIpc) is 2.74. The highest BCUT2D eigenvalue weighted by molar-refractivity contribution is 7.08. The molecular formula is C8H7N3OS. The highest BCUT2D eigenvalue weighted by atomic mass is 32.1. The molecule has 2 rings (SSSR count). The first-order valence-electron chi connectivity index (χ1n) is 3.69. The summed E-state index contributed by atoms with van der Waals surface area (Å²) in [5.41, 5.74) is 1.27. The maximum atomic E-state index is 11.4. The lowest BCUT2D eigenvalue weighted by molar-refractivity contribution is 0.102. The van der Waals surface area contributed by atoms with Gasteiger partial charge in [0.15, 0.2) is 0 Å². The number of aromatic nitrogens is 2. The van der Waals surface area contributed by atoms with E-state index in [1.165, 1.54) is 11.3 Å². The Morgan fingerprint density at radius 1 is 1.54 bits per heavy atom. The Kier molecular flexibility index (Phi) is 2.09. The monoisotopic (exact) mass is 193 g/mol. The van der Waals surface area contributed by atoms with Crippen LogP contribution < -0.4 is 5.32 Å². The molecule has 0 unspecified atom stereocenters. The number of thiophene rings is 1. The van der Waals surface area contributed by atoms with Crippen molar-refractivity contribution in [3.63, 3.8) is 0 Å². The van der Waals surface area contributed by atoms with Gasteiger partial charge in [-0.15, -0.1) is 0 Å². The number of aromatic amines is 1. The smallest absolute Gasteiger partial charge is 0.273 e. The van der Waals surface area contributed by atoms with Crippen LogP contribution in [0, 0.1) is 0 Å². The van der Waals surface area contributed by atoms with E-state index in [-0.39, 0.29) is 5.91 Å². The van der Waals surface area contributed by atoms with Crippen LogP contribution in [0.25, 0.3) is 0 Å². The van der Waals surface area contributed by atoms with Gasteiger partial charge in [0.05, 0.1) is 5.69 Å². The van der Waals surface area contributed by atoms with Gasteiger partial charge in [-0.3, -0.25) is 9.89 Å². The van der Waals surface area contributed by atoms with Crippen LogP contribution in [0.4, 0.5) is 5.69 Å². The zero-order chi connectivity index (χ0) is 9.10. The van der Waals surface area contributed by atoms with Crippen molar-refractivity contribution in [2.75, 3.05) is 5.32 Å². The minimum absolute atomic E-state index is 0.170. The van der Waals surface area contributed by atoms with Crippen molar-refractivity contribution in [1.82, 2.24) is 10.2 Å². The van der Waals surface area contributed by atoms with E-state index in [1.807, 2.05) is 16.8 Å². The molecule has 0 fully saturated rings. The molecule has 2 heterocycles. The van der Waals surface area contributed by atoms with Gasteiger partial charge in [-0.2, -0.15) is 16.4 Å². The molecule has 2 N–H and O–H groups in total. The van der Waals surface area contributed by atoms with E-state index < -0.39 is 0 Å². The highest BCUT2D eigenvalue weighted by Gasteiger charge is 2.06. The van der Waals surface area contributed by atoms with E-state index in [4.69, 9.17) is 0 Å². The number of nitrogens with zero attached hydrogens (tertiary/aromatic N) is 1. The SMILES string of the molecule is O=C(Nc1ccsc1)c1ccn[nH]1.